The van der Waals surface area contributed by atoms with Gasteiger partial charge in [-0.2, -0.15) is 0 Å². The van der Waals surface area contributed by atoms with E-state index in [0.717, 1.165) is 0 Å². The minimum absolute atomic E-state index is 0. The molecule has 0 aliphatic rings. The van der Waals surface area contributed by atoms with E-state index in [4.69, 9.17) is 180 Å². The van der Waals surface area contributed by atoms with Crippen molar-refractivity contribution in [3.8, 4) is 0 Å². The van der Waals surface area contributed by atoms with Crippen molar-refractivity contribution in [1.82, 2.24) is 0 Å². The van der Waals surface area contributed by atoms with Crippen LogP contribution in [0.4, 0.5) is 57.5 Å². The maximum absolute atomic E-state index is 8.56. The molecule has 0 aromatic heterocycles. The van der Waals surface area contributed by atoms with Gasteiger partial charge < -0.3 is 145 Å². The van der Waals surface area contributed by atoms with Gasteiger partial charge in [-0.25, -0.2) is 57.5 Å². The topological polar surface area (TPSA) is 690 Å². The van der Waals surface area contributed by atoms with Crippen LogP contribution in [0.5, 0.6) is 0 Å². The van der Waals surface area contributed by atoms with E-state index in [1.807, 2.05) is 0 Å². The standard InChI is InChI=1S/12CH2O3.8Mg.16H/c12*2-1(3)4;;;;;;;;;;;;;;;;;;;;;;;;/h12*(H2,2,3,4);;;;;;;;;;;;;;;;;;;;;;;;/q;;;;;;;;;;;;8*+2;16*-1. The third-order valence-corrected chi connectivity index (χ3v) is 0. The van der Waals surface area contributed by atoms with Gasteiger partial charge in [-0.1, -0.05) is 0 Å². The number of hydrogen-bond donors (Lipinski definition) is 24. The van der Waals surface area contributed by atoms with Gasteiger partial charge in [0.15, 0.2) is 0 Å². The van der Waals surface area contributed by atoms with Gasteiger partial charge in [-0.3, -0.25) is 0 Å². The molecule has 0 aromatic carbocycles. The van der Waals surface area contributed by atoms with Gasteiger partial charge >= 0.3 is 258 Å². The number of carboxylic acid groups (broad SMARTS) is 24. The molecular weight excluding hydrogens is 915 g/mol. The van der Waals surface area contributed by atoms with Gasteiger partial charge in [0.2, 0.25) is 0 Å². The van der Waals surface area contributed by atoms with Crippen molar-refractivity contribution >= 4 is 258 Å². The Hall–Kier alpha value is -2.63. The van der Waals surface area contributed by atoms with E-state index >= 15 is 0 Å². The van der Waals surface area contributed by atoms with Crippen molar-refractivity contribution in [3.05, 3.63) is 0 Å². The molecule has 44 heteroatoms. The van der Waals surface area contributed by atoms with Crippen LogP contribution in [0.2, 0.25) is 0 Å². The Morgan fingerprint density at radius 2 is 0.143 bits per heavy atom. The fourth-order valence-corrected chi connectivity index (χ4v) is 0. The van der Waals surface area contributed by atoms with Gasteiger partial charge in [0, 0.05) is 0 Å². The van der Waals surface area contributed by atoms with E-state index in [2.05, 4.69) is 0 Å². The minimum Gasteiger partial charge on any atom is -1.00 e. The second-order valence-electron chi connectivity index (χ2n) is 3.39. The summed E-state index contributed by atoms with van der Waals surface area (Å²) in [5, 5.41) is 167. The molecule has 24 N–H and O–H groups in total. The molecule has 0 aliphatic heterocycles. The largest absolute Gasteiger partial charge is 2.00 e. The summed E-state index contributed by atoms with van der Waals surface area (Å²) < 4.78 is 0. The van der Waals surface area contributed by atoms with Crippen LogP contribution in [0.15, 0.2) is 0 Å². The van der Waals surface area contributed by atoms with E-state index < -0.39 is 73.9 Å². The molecule has 320 valence electrons. The number of hydrogen-bond acceptors (Lipinski definition) is 12. The number of rotatable bonds is 0. The molecule has 0 aliphatic carbocycles. The molecule has 0 unspecified atom stereocenters. The molecule has 0 saturated heterocycles. The molecule has 0 aromatic rings. The molecule has 0 radical (unpaired) electrons. The molecule has 36 nitrogen and oxygen atoms in total. The first kappa shape index (κ1) is 131. The maximum atomic E-state index is 8.56. The molecular formula is C12H40Mg8O36. The second-order valence-corrected chi connectivity index (χ2v) is 3.39. The van der Waals surface area contributed by atoms with Gasteiger partial charge in [0.25, 0.3) is 0 Å². The zero-order valence-electron chi connectivity index (χ0n) is 43.3. The summed E-state index contributed by atoms with van der Waals surface area (Å²) in [7, 11) is 0. The molecule has 0 atom stereocenters. The summed E-state index contributed by atoms with van der Waals surface area (Å²) in [6.07, 6.45) is -22.0. The van der Waals surface area contributed by atoms with Crippen LogP contribution in [0, 0.1) is 0 Å². The van der Waals surface area contributed by atoms with Crippen molar-refractivity contribution in [2.75, 3.05) is 0 Å². The Bertz CT molecular complexity index is 661. The molecule has 0 spiro atoms. The van der Waals surface area contributed by atoms with Crippen molar-refractivity contribution in [3.63, 3.8) is 0 Å². The van der Waals surface area contributed by atoms with Crippen LogP contribution in [0.3, 0.4) is 0 Å². The van der Waals surface area contributed by atoms with Crippen molar-refractivity contribution in [1.29, 1.82) is 0 Å². The van der Waals surface area contributed by atoms with Crippen LogP contribution in [-0.4, -0.2) is 381 Å². The van der Waals surface area contributed by atoms with Crippen LogP contribution in [-0.2, 0) is 0 Å². The average Bonchev–Trinajstić information content (AvgIpc) is 2.61. The van der Waals surface area contributed by atoms with E-state index in [1.165, 1.54) is 0 Å². The van der Waals surface area contributed by atoms with Crippen LogP contribution >= 0.6 is 0 Å². The molecule has 0 saturated carbocycles. The fraction of sp³-hybridized carbons (Fsp3) is 0. The summed E-state index contributed by atoms with van der Waals surface area (Å²) >= 11 is 0. The van der Waals surface area contributed by atoms with Crippen LogP contribution in [0.25, 0.3) is 0 Å². The normalized spacial score (nSPS) is 5.14. The molecule has 0 heterocycles. The maximum Gasteiger partial charge on any atom is 2.00 e. The Kier molecular flexibility index (Phi) is 291. The van der Waals surface area contributed by atoms with Gasteiger partial charge in [-0.05, 0) is 0 Å². The van der Waals surface area contributed by atoms with E-state index in [9.17, 15) is 0 Å². The molecule has 0 bridgehead atoms. The summed E-state index contributed by atoms with van der Waals surface area (Å²) in [5.74, 6) is 0. The second kappa shape index (κ2) is 124. The molecule has 56 heavy (non-hydrogen) atoms. The summed E-state index contributed by atoms with van der Waals surface area (Å²) in [6, 6.07) is 0. The van der Waals surface area contributed by atoms with Crippen LogP contribution < -0.4 is 0 Å². The Balaban J connectivity index is -0.00000000561. The zero-order chi connectivity index (χ0) is 42.9. The first-order valence-corrected chi connectivity index (χ1v) is 7.82. The smallest absolute Gasteiger partial charge is 1.00 e. The predicted octanol–water partition coefficient (Wildman–Crippen LogP) is 1.42. The van der Waals surface area contributed by atoms with E-state index in [1.54, 1.807) is 0 Å². The SMILES string of the molecule is O=C(O)O.O=C(O)O.O=C(O)O.O=C(O)O.O=C(O)O.O=C(O)O.O=C(O)O.O=C(O)O.O=C(O)O.O=C(O)O.O=C(O)O.O=C(O)O.[H-].[H-].[H-].[H-].[H-].[H-].[H-].[H-].[H-].[H-].[H-].[H-].[H-].[H-].[H-].[H-].[Mg+2].[Mg+2].[Mg+2].[Mg+2].[Mg+2].[Mg+2].[Mg+2].[Mg+2]. The monoisotopic (exact) mass is 952 g/mol. The quantitative estimate of drug-likeness (QED) is 0.153. The van der Waals surface area contributed by atoms with E-state index in [0.29, 0.717) is 0 Å². The summed E-state index contributed by atoms with van der Waals surface area (Å²) in [4.78, 5) is 103. The predicted molar refractivity (Wildman–Crippen MR) is 192 cm³/mol. The zero-order valence-corrected chi connectivity index (χ0v) is 38.6. The molecule has 0 fully saturated rings. The number of carbonyl (C=O) groups is 12. The molecule has 0 amide bonds. The summed E-state index contributed by atoms with van der Waals surface area (Å²) in [5.41, 5.74) is 0. The Morgan fingerprint density at radius 3 is 0.143 bits per heavy atom. The third kappa shape index (κ3) is 18800. The first-order valence-electron chi connectivity index (χ1n) is 7.82. The van der Waals surface area contributed by atoms with Gasteiger partial charge in [-0.15, -0.1) is 0 Å². The third-order valence-electron chi connectivity index (χ3n) is 0. The Morgan fingerprint density at radius 1 is 0.143 bits per heavy atom. The molecule has 0 rings (SSSR count). The van der Waals surface area contributed by atoms with E-state index in [-0.39, 0.29) is 207 Å². The average molecular weight is 955 g/mol. The van der Waals surface area contributed by atoms with Crippen LogP contribution in [0.1, 0.15) is 22.8 Å². The Labute approximate surface area is 457 Å². The van der Waals surface area contributed by atoms with Gasteiger partial charge in [0.1, 0.15) is 0 Å². The van der Waals surface area contributed by atoms with Gasteiger partial charge in [0.05, 0.1) is 0 Å². The first-order chi connectivity index (χ1) is 20.8. The minimum atomic E-state index is -1.83. The van der Waals surface area contributed by atoms with Crippen molar-refractivity contribution < 1.29 is 203 Å². The van der Waals surface area contributed by atoms with Crippen molar-refractivity contribution in [2.45, 2.75) is 0 Å². The van der Waals surface area contributed by atoms with Crippen molar-refractivity contribution in [2.24, 2.45) is 0 Å². The fourth-order valence-electron chi connectivity index (χ4n) is 0. The summed E-state index contributed by atoms with van der Waals surface area (Å²) in [6.45, 7) is 0.